The van der Waals surface area contributed by atoms with Crippen LogP contribution in [0.5, 0.6) is 0 Å². The number of hydrogen-bond acceptors (Lipinski definition) is 3. The maximum absolute atomic E-state index is 8.89. The Bertz CT molecular complexity index is 268. The second-order valence-corrected chi connectivity index (χ2v) is 5.12. The number of carbonyl (C=O) groups excluding carboxylic acids is 1. The third-order valence-corrected chi connectivity index (χ3v) is 2.85. The lowest BCUT2D eigenvalue weighted by Gasteiger charge is -2.03. The number of carbonyl (C=O) groups is 1. The minimum absolute atomic E-state index is 0.327. The van der Waals surface area contributed by atoms with E-state index in [-0.39, 0.29) is 0 Å². The number of hydrogen-bond donors (Lipinski definition) is 1. The molecule has 0 heterocycles. The number of aliphatic hydroxyl groups is 1. The van der Waals surface area contributed by atoms with Crippen LogP contribution < -0.4 is 5.11 Å². The van der Waals surface area contributed by atoms with Gasteiger partial charge in [-0.2, -0.15) is 0 Å². The lowest BCUT2D eigenvalue weighted by molar-refractivity contribution is -0.302. The monoisotopic (exact) mass is 297 g/mol. The third-order valence-electron chi connectivity index (χ3n) is 2.85. The van der Waals surface area contributed by atoms with E-state index in [0.29, 0.717) is 6.61 Å². The largest absolute Gasteiger partial charge is 0.550 e. The lowest BCUT2D eigenvalue weighted by Crippen LogP contribution is -2.16. The second-order valence-electron chi connectivity index (χ2n) is 5.12. The van der Waals surface area contributed by atoms with E-state index in [4.69, 9.17) is 15.0 Å². The third kappa shape index (κ3) is 24.3. The fraction of sp³-hybridized carbons (Fsp3) is 0.722. The van der Waals surface area contributed by atoms with Gasteiger partial charge in [0.2, 0.25) is 0 Å². The molecule has 0 aromatic carbocycles. The molecular weight excluding hydrogens is 264 g/mol. The van der Waals surface area contributed by atoms with Gasteiger partial charge in [-0.05, 0) is 51.9 Å². The van der Waals surface area contributed by atoms with Crippen LogP contribution in [0, 0.1) is 0 Å². The number of carboxylic acid groups (broad SMARTS) is 1. The molecule has 0 aromatic rings. The van der Waals surface area contributed by atoms with Gasteiger partial charge in [0, 0.05) is 12.6 Å². The summed E-state index contributed by atoms with van der Waals surface area (Å²) >= 11 is 0. The Morgan fingerprint density at radius 3 is 2.00 bits per heavy atom. The highest BCUT2D eigenvalue weighted by molar-refractivity contribution is 5.60. The van der Waals surface area contributed by atoms with E-state index in [2.05, 4.69) is 32.1 Å². The van der Waals surface area contributed by atoms with Gasteiger partial charge in [0.1, 0.15) is 0 Å². The van der Waals surface area contributed by atoms with E-state index in [0.717, 1.165) is 32.6 Å². The first-order chi connectivity index (χ1) is 10.1. The highest BCUT2D eigenvalue weighted by Gasteiger charge is 1.93. The first-order valence-electron chi connectivity index (χ1n) is 8.19. The highest BCUT2D eigenvalue weighted by atomic mass is 16.4. The molecule has 0 rings (SSSR count). The Hall–Kier alpha value is -1.09. The van der Waals surface area contributed by atoms with Crippen LogP contribution in [0.3, 0.4) is 0 Å². The summed E-state index contributed by atoms with van der Waals surface area (Å²) in [5.74, 6) is -1.08. The zero-order chi connectivity index (χ0) is 16.3. The number of rotatable bonds is 11. The van der Waals surface area contributed by atoms with Crippen molar-refractivity contribution in [2.24, 2.45) is 0 Å². The van der Waals surface area contributed by atoms with E-state index >= 15 is 0 Å². The van der Waals surface area contributed by atoms with Gasteiger partial charge in [-0.1, -0.05) is 50.5 Å². The molecule has 0 amide bonds. The van der Waals surface area contributed by atoms with Crippen molar-refractivity contribution < 1.29 is 15.0 Å². The van der Waals surface area contributed by atoms with Crippen molar-refractivity contribution in [2.45, 2.75) is 78.6 Å². The van der Waals surface area contributed by atoms with Crippen LogP contribution in [-0.4, -0.2) is 17.7 Å². The molecule has 0 saturated carbocycles. The molecule has 0 aliphatic carbocycles. The van der Waals surface area contributed by atoms with E-state index in [1.807, 2.05) is 0 Å². The number of carboxylic acids is 1. The molecular formula is C18H33O3-. The number of aliphatic hydroxyl groups excluding tert-OH is 1. The Kier molecular flexibility index (Phi) is 20.0. The molecule has 124 valence electrons. The summed E-state index contributed by atoms with van der Waals surface area (Å²) in [5.41, 5.74) is 1.64. The van der Waals surface area contributed by atoms with Crippen molar-refractivity contribution in [1.29, 1.82) is 0 Å². The summed E-state index contributed by atoms with van der Waals surface area (Å²) in [6, 6.07) is 0. The zero-order valence-electron chi connectivity index (χ0n) is 14.1. The summed E-state index contributed by atoms with van der Waals surface area (Å²) in [4.78, 5) is 8.89. The van der Waals surface area contributed by atoms with Gasteiger partial charge in [-0.25, -0.2) is 0 Å². The molecule has 0 unspecified atom stereocenters. The van der Waals surface area contributed by atoms with Crippen molar-refractivity contribution in [2.75, 3.05) is 6.61 Å². The molecule has 0 aliphatic heterocycles. The van der Waals surface area contributed by atoms with Gasteiger partial charge in [-0.3, -0.25) is 0 Å². The predicted molar refractivity (Wildman–Crippen MR) is 87.9 cm³/mol. The zero-order valence-corrected chi connectivity index (χ0v) is 14.1. The van der Waals surface area contributed by atoms with Crippen LogP contribution in [0.25, 0.3) is 0 Å². The maximum Gasteiger partial charge on any atom is 0.0431 e. The molecule has 0 radical (unpaired) electrons. The van der Waals surface area contributed by atoms with E-state index < -0.39 is 5.97 Å². The van der Waals surface area contributed by atoms with Crippen molar-refractivity contribution >= 4 is 5.97 Å². The molecule has 0 spiro atoms. The van der Waals surface area contributed by atoms with Crippen molar-refractivity contribution in [3.05, 3.63) is 23.8 Å². The van der Waals surface area contributed by atoms with Gasteiger partial charge in [0.05, 0.1) is 0 Å². The number of unbranched alkanes of at least 4 members (excludes halogenated alkanes) is 3. The molecule has 0 aromatic heterocycles. The molecule has 0 fully saturated rings. The molecule has 3 nitrogen and oxygen atoms in total. The summed E-state index contributed by atoms with van der Waals surface area (Å²) in [7, 11) is 0. The standard InChI is InChI=1S/C16H30O.C2H4O2/c1-3-12-16(13-4-2)14-10-8-6-5-7-9-11-15-17;1-2(3)4/h5-6,14,17H,3-4,7-13,15H2,1-2H3;1H3,(H,3,4)/p-1/b6-5+;. The molecule has 0 saturated heterocycles. The first-order valence-corrected chi connectivity index (χ1v) is 8.19. The summed E-state index contributed by atoms with van der Waals surface area (Å²) in [5, 5.41) is 17.5. The fourth-order valence-electron chi connectivity index (χ4n) is 1.96. The minimum atomic E-state index is -1.08. The van der Waals surface area contributed by atoms with Crippen LogP contribution in [0.2, 0.25) is 0 Å². The van der Waals surface area contributed by atoms with Crippen LogP contribution in [0.15, 0.2) is 23.8 Å². The summed E-state index contributed by atoms with van der Waals surface area (Å²) in [6.07, 6.45) is 17.6. The Morgan fingerprint density at radius 2 is 1.52 bits per heavy atom. The quantitative estimate of drug-likeness (QED) is 0.466. The topological polar surface area (TPSA) is 60.4 Å². The van der Waals surface area contributed by atoms with Gasteiger partial charge in [-0.15, -0.1) is 0 Å². The van der Waals surface area contributed by atoms with Gasteiger partial charge in [0.15, 0.2) is 0 Å². The molecule has 1 N–H and O–H groups in total. The van der Waals surface area contributed by atoms with Gasteiger partial charge < -0.3 is 15.0 Å². The summed E-state index contributed by atoms with van der Waals surface area (Å²) in [6.45, 7) is 5.81. The fourth-order valence-corrected chi connectivity index (χ4v) is 1.96. The smallest absolute Gasteiger partial charge is 0.0431 e. The van der Waals surface area contributed by atoms with Crippen LogP contribution in [0.1, 0.15) is 78.6 Å². The highest BCUT2D eigenvalue weighted by Crippen LogP contribution is 2.13. The SMILES string of the molecule is CC(=O)[O-].CCCC(=CCC/C=C/CCCCO)CCC. The molecule has 3 heteroatoms. The molecule has 0 aliphatic rings. The van der Waals surface area contributed by atoms with Crippen LogP contribution >= 0.6 is 0 Å². The lowest BCUT2D eigenvalue weighted by atomic mass is 10.0. The molecule has 0 bridgehead atoms. The Labute approximate surface area is 130 Å². The predicted octanol–water partition coefficient (Wildman–Crippen LogP) is 3.77. The minimum Gasteiger partial charge on any atom is -0.550 e. The van der Waals surface area contributed by atoms with Gasteiger partial charge >= 0.3 is 0 Å². The molecule has 0 atom stereocenters. The van der Waals surface area contributed by atoms with E-state index in [1.165, 1.54) is 32.1 Å². The van der Waals surface area contributed by atoms with E-state index in [1.54, 1.807) is 5.57 Å². The van der Waals surface area contributed by atoms with Crippen molar-refractivity contribution in [3.8, 4) is 0 Å². The van der Waals surface area contributed by atoms with Gasteiger partial charge in [0.25, 0.3) is 0 Å². The second kappa shape index (κ2) is 18.9. The Morgan fingerprint density at radius 1 is 1.00 bits per heavy atom. The summed E-state index contributed by atoms with van der Waals surface area (Å²) < 4.78 is 0. The van der Waals surface area contributed by atoms with E-state index in [9.17, 15) is 0 Å². The maximum atomic E-state index is 8.89. The Balaban J connectivity index is 0. The normalized spacial score (nSPS) is 10.1. The molecule has 21 heavy (non-hydrogen) atoms. The first kappa shape index (κ1) is 22.2. The average molecular weight is 297 g/mol. The average Bonchev–Trinajstić information content (AvgIpc) is 2.41. The van der Waals surface area contributed by atoms with Crippen LogP contribution in [-0.2, 0) is 4.79 Å². The van der Waals surface area contributed by atoms with Crippen LogP contribution in [0.4, 0.5) is 0 Å². The van der Waals surface area contributed by atoms with Crippen molar-refractivity contribution in [3.63, 3.8) is 0 Å². The van der Waals surface area contributed by atoms with Crippen molar-refractivity contribution in [1.82, 2.24) is 0 Å². The number of allylic oxidation sites excluding steroid dienone is 4. The number of aliphatic carboxylic acids is 1.